The van der Waals surface area contributed by atoms with E-state index in [2.05, 4.69) is 25.7 Å². The molecule has 1 aliphatic rings. The lowest BCUT2D eigenvalue weighted by Crippen LogP contribution is -2.15. The monoisotopic (exact) mass is 170 g/mol. The Labute approximate surface area is 78.5 Å². The van der Waals surface area contributed by atoms with Gasteiger partial charge in [-0.15, -0.1) is 0 Å². The molecular weight excluding hydrogens is 146 g/mol. The van der Waals surface area contributed by atoms with Crippen LogP contribution in [-0.4, -0.2) is 23.5 Å². The molecule has 0 aromatic carbocycles. The number of hydrogen-bond acceptors (Lipinski definition) is 1. The van der Waals surface area contributed by atoms with Gasteiger partial charge in [0, 0.05) is 20.0 Å². The first kappa shape index (κ1) is 8.55. The van der Waals surface area contributed by atoms with Crippen LogP contribution >= 0.6 is 0 Å². The van der Waals surface area contributed by atoms with Gasteiger partial charge in [0.05, 0.1) is 0 Å². The minimum Gasteiger partial charge on any atom is -0.295 e. The molecule has 0 spiro atoms. The van der Waals surface area contributed by atoms with Gasteiger partial charge in [-0.25, -0.2) is 0 Å². The standard InChI is InChI=1S/C11H23N/c1-4-6-7-8-11-9-12(11)10(3)5-2/h10-11H,4-9H2,1-3H3/i9D. The van der Waals surface area contributed by atoms with Crippen LogP contribution in [0.25, 0.3) is 0 Å². The molecule has 1 heteroatoms. The Kier molecular flexibility index (Phi) is 3.46. The molecule has 1 rings (SSSR count). The average molecular weight is 170 g/mol. The minimum atomic E-state index is 0.117. The molecule has 0 N–H and O–H groups in total. The third-order valence-corrected chi connectivity index (χ3v) is 2.84. The molecule has 1 saturated heterocycles. The quantitative estimate of drug-likeness (QED) is 0.437. The molecule has 0 aromatic rings. The Balaban J connectivity index is 2.16. The molecule has 72 valence electrons. The van der Waals surface area contributed by atoms with Crippen LogP contribution in [0.2, 0.25) is 0 Å². The average Bonchev–Trinajstić information content (AvgIpc) is 2.76. The van der Waals surface area contributed by atoms with Gasteiger partial charge in [0.2, 0.25) is 0 Å². The van der Waals surface area contributed by atoms with Crippen molar-refractivity contribution in [3.8, 4) is 0 Å². The smallest absolute Gasteiger partial charge is 0.0447 e. The Morgan fingerprint density at radius 1 is 1.50 bits per heavy atom. The van der Waals surface area contributed by atoms with Crippen LogP contribution in [-0.2, 0) is 0 Å². The third-order valence-electron chi connectivity index (χ3n) is 2.84. The van der Waals surface area contributed by atoms with Crippen LogP contribution in [0.1, 0.15) is 54.2 Å². The zero-order valence-electron chi connectivity index (χ0n) is 9.71. The van der Waals surface area contributed by atoms with Crippen molar-refractivity contribution >= 4 is 0 Å². The van der Waals surface area contributed by atoms with E-state index in [1.54, 1.807) is 0 Å². The lowest BCUT2D eigenvalue weighted by molar-refractivity contribution is 0.374. The first-order valence-electron chi connectivity index (χ1n) is 5.99. The molecule has 1 heterocycles. The molecule has 12 heavy (non-hydrogen) atoms. The van der Waals surface area contributed by atoms with E-state index < -0.39 is 0 Å². The Hall–Kier alpha value is -0.0400. The highest BCUT2D eigenvalue weighted by Crippen LogP contribution is 2.27. The minimum absolute atomic E-state index is 0.117. The molecule has 0 radical (unpaired) electrons. The summed E-state index contributed by atoms with van der Waals surface area (Å²) in [6, 6.07) is 1.20. The molecule has 4 unspecified atom stereocenters. The fourth-order valence-electron chi connectivity index (χ4n) is 1.67. The van der Waals surface area contributed by atoms with Gasteiger partial charge in [-0.1, -0.05) is 33.1 Å². The van der Waals surface area contributed by atoms with E-state index in [-0.39, 0.29) is 6.52 Å². The first-order chi connectivity index (χ1) is 6.22. The van der Waals surface area contributed by atoms with Crippen molar-refractivity contribution in [1.29, 1.82) is 0 Å². The molecular formula is C11H23N. The van der Waals surface area contributed by atoms with Crippen molar-refractivity contribution in [2.75, 3.05) is 6.52 Å². The van der Waals surface area contributed by atoms with Gasteiger partial charge in [-0.2, -0.15) is 0 Å². The zero-order chi connectivity index (χ0) is 9.84. The summed E-state index contributed by atoms with van der Waals surface area (Å²) < 4.78 is 7.80. The van der Waals surface area contributed by atoms with E-state index in [4.69, 9.17) is 1.37 Å². The number of hydrogen-bond donors (Lipinski definition) is 0. The van der Waals surface area contributed by atoms with Crippen LogP contribution in [0, 0.1) is 0 Å². The number of nitrogens with zero attached hydrogens (tertiary/aromatic N) is 1. The zero-order valence-corrected chi connectivity index (χ0v) is 8.71. The fourth-order valence-corrected chi connectivity index (χ4v) is 1.67. The lowest BCUT2D eigenvalue weighted by atomic mass is 10.1. The molecule has 0 bridgehead atoms. The predicted octanol–water partition coefficient (Wildman–Crippen LogP) is 3.05. The van der Waals surface area contributed by atoms with E-state index in [9.17, 15) is 0 Å². The van der Waals surface area contributed by atoms with Crippen molar-refractivity contribution in [3.63, 3.8) is 0 Å². The highest BCUT2D eigenvalue weighted by atomic mass is 15.3. The van der Waals surface area contributed by atoms with Crippen LogP contribution in [0.15, 0.2) is 0 Å². The Morgan fingerprint density at radius 3 is 2.83 bits per heavy atom. The van der Waals surface area contributed by atoms with Crippen molar-refractivity contribution < 1.29 is 1.37 Å². The summed E-state index contributed by atoms with van der Waals surface area (Å²) >= 11 is 0. The molecule has 4 atom stereocenters. The van der Waals surface area contributed by atoms with Gasteiger partial charge in [0.25, 0.3) is 0 Å². The maximum Gasteiger partial charge on any atom is 0.0447 e. The maximum absolute atomic E-state index is 7.80. The molecule has 0 saturated carbocycles. The van der Waals surface area contributed by atoms with Gasteiger partial charge < -0.3 is 0 Å². The SMILES string of the molecule is [2H]C1C(CCCCC)N1C(C)CC. The van der Waals surface area contributed by atoms with Gasteiger partial charge in [-0.3, -0.25) is 4.90 Å². The second kappa shape index (κ2) is 4.86. The van der Waals surface area contributed by atoms with E-state index in [1.807, 2.05) is 0 Å². The Morgan fingerprint density at radius 2 is 2.25 bits per heavy atom. The Bertz CT molecular complexity index is 149. The summed E-state index contributed by atoms with van der Waals surface area (Å²) in [5, 5.41) is 0. The second-order valence-corrected chi connectivity index (χ2v) is 3.92. The topological polar surface area (TPSA) is 3.01 Å². The van der Waals surface area contributed by atoms with Crippen LogP contribution in [0.3, 0.4) is 0 Å². The number of rotatable bonds is 6. The van der Waals surface area contributed by atoms with E-state index in [0.717, 1.165) is 0 Å². The van der Waals surface area contributed by atoms with Gasteiger partial charge >= 0.3 is 0 Å². The molecule has 0 amide bonds. The summed E-state index contributed by atoms with van der Waals surface area (Å²) in [7, 11) is 0. The van der Waals surface area contributed by atoms with Gasteiger partial charge in [-0.05, 0) is 19.8 Å². The normalized spacial score (nSPS) is 37.6. The second-order valence-electron chi connectivity index (χ2n) is 3.92. The molecule has 1 fully saturated rings. The van der Waals surface area contributed by atoms with Crippen LogP contribution in [0.4, 0.5) is 0 Å². The van der Waals surface area contributed by atoms with Crippen LogP contribution < -0.4 is 0 Å². The maximum atomic E-state index is 7.80. The first-order valence-corrected chi connectivity index (χ1v) is 5.42. The van der Waals surface area contributed by atoms with Crippen molar-refractivity contribution in [2.45, 2.75) is 65.0 Å². The van der Waals surface area contributed by atoms with E-state index in [1.165, 1.54) is 32.1 Å². The highest BCUT2D eigenvalue weighted by Gasteiger charge is 2.35. The third kappa shape index (κ3) is 2.78. The van der Waals surface area contributed by atoms with E-state index in [0.29, 0.717) is 12.1 Å². The van der Waals surface area contributed by atoms with Crippen molar-refractivity contribution in [1.82, 2.24) is 4.90 Å². The predicted molar refractivity (Wildman–Crippen MR) is 54.4 cm³/mol. The van der Waals surface area contributed by atoms with Crippen molar-refractivity contribution in [2.24, 2.45) is 0 Å². The molecule has 1 aliphatic heterocycles. The van der Waals surface area contributed by atoms with Gasteiger partial charge in [0.1, 0.15) is 0 Å². The largest absolute Gasteiger partial charge is 0.295 e. The van der Waals surface area contributed by atoms with E-state index >= 15 is 0 Å². The summed E-state index contributed by atoms with van der Waals surface area (Å²) in [5.41, 5.74) is 0. The number of unbranched alkanes of at least 4 members (excludes halogenated alkanes) is 2. The van der Waals surface area contributed by atoms with Gasteiger partial charge in [0.15, 0.2) is 0 Å². The van der Waals surface area contributed by atoms with Crippen molar-refractivity contribution in [3.05, 3.63) is 0 Å². The summed E-state index contributed by atoms with van der Waals surface area (Å²) in [6.07, 6.45) is 6.35. The summed E-state index contributed by atoms with van der Waals surface area (Å²) in [4.78, 5) is 2.34. The van der Waals surface area contributed by atoms with Crippen LogP contribution in [0.5, 0.6) is 0 Å². The summed E-state index contributed by atoms with van der Waals surface area (Å²) in [6.45, 7) is 6.80. The fraction of sp³-hybridized carbons (Fsp3) is 1.00. The lowest BCUT2D eigenvalue weighted by Gasteiger charge is -2.10. The highest BCUT2D eigenvalue weighted by molar-refractivity contribution is 4.91. The summed E-state index contributed by atoms with van der Waals surface area (Å²) in [5.74, 6) is 0. The molecule has 0 aromatic heterocycles. The molecule has 1 nitrogen and oxygen atoms in total. The molecule has 0 aliphatic carbocycles.